The topological polar surface area (TPSA) is 66.0 Å². The minimum atomic E-state index is -0.486. The van der Waals surface area contributed by atoms with Crippen molar-refractivity contribution in [1.29, 1.82) is 5.26 Å². The fourth-order valence-corrected chi connectivity index (χ4v) is 2.82. The van der Waals surface area contributed by atoms with Gasteiger partial charge in [0.1, 0.15) is 23.2 Å². The molecule has 0 unspecified atom stereocenters. The highest BCUT2D eigenvalue weighted by Crippen LogP contribution is 2.29. The number of rotatable bonds is 4. The van der Waals surface area contributed by atoms with E-state index < -0.39 is 5.91 Å². The average Bonchev–Trinajstić information content (AvgIpc) is 3.10. The number of carbonyl (C=O) groups excluding carboxylic acids is 1. The first-order valence-corrected chi connectivity index (χ1v) is 8.70. The van der Waals surface area contributed by atoms with E-state index in [4.69, 9.17) is 16.0 Å². The first-order chi connectivity index (χ1) is 13.0. The van der Waals surface area contributed by atoms with E-state index >= 15 is 0 Å². The maximum absolute atomic E-state index is 12.4. The van der Waals surface area contributed by atoms with E-state index in [2.05, 4.69) is 5.32 Å². The Morgan fingerprint density at radius 3 is 2.70 bits per heavy atom. The number of hydrogen-bond donors (Lipinski definition) is 1. The van der Waals surface area contributed by atoms with Gasteiger partial charge in [-0.3, -0.25) is 4.79 Å². The molecule has 0 fully saturated rings. The fourth-order valence-electron chi connectivity index (χ4n) is 2.65. The van der Waals surface area contributed by atoms with Crippen molar-refractivity contribution in [1.82, 2.24) is 0 Å². The number of carbonyl (C=O) groups is 1. The van der Waals surface area contributed by atoms with Crippen LogP contribution in [0, 0.1) is 25.2 Å². The van der Waals surface area contributed by atoms with Crippen LogP contribution in [0.3, 0.4) is 0 Å². The molecule has 1 aromatic heterocycles. The Kier molecular flexibility index (Phi) is 5.44. The van der Waals surface area contributed by atoms with Crippen LogP contribution in [0.25, 0.3) is 17.4 Å². The molecule has 0 aliphatic heterocycles. The van der Waals surface area contributed by atoms with Gasteiger partial charge in [0.15, 0.2) is 0 Å². The molecule has 3 rings (SSSR count). The van der Waals surface area contributed by atoms with Crippen molar-refractivity contribution in [3.63, 3.8) is 0 Å². The van der Waals surface area contributed by atoms with Crippen molar-refractivity contribution in [3.05, 3.63) is 82.1 Å². The van der Waals surface area contributed by atoms with Crippen LogP contribution in [0.1, 0.15) is 16.9 Å². The van der Waals surface area contributed by atoms with E-state index in [0.29, 0.717) is 22.2 Å². The van der Waals surface area contributed by atoms with Gasteiger partial charge in [0.05, 0.1) is 0 Å². The van der Waals surface area contributed by atoms with Crippen molar-refractivity contribution in [2.75, 3.05) is 5.32 Å². The van der Waals surface area contributed by atoms with E-state index in [1.807, 2.05) is 56.3 Å². The highest BCUT2D eigenvalue weighted by molar-refractivity contribution is 6.30. The molecule has 0 saturated heterocycles. The van der Waals surface area contributed by atoms with Crippen LogP contribution in [0.5, 0.6) is 0 Å². The lowest BCUT2D eigenvalue weighted by Crippen LogP contribution is -2.13. The number of nitrogens with zero attached hydrogens (tertiary/aromatic N) is 1. The highest BCUT2D eigenvalue weighted by atomic mass is 35.5. The normalized spacial score (nSPS) is 11.1. The van der Waals surface area contributed by atoms with Crippen LogP contribution in [0.2, 0.25) is 5.02 Å². The van der Waals surface area contributed by atoms with Crippen LogP contribution in [-0.4, -0.2) is 5.91 Å². The Bertz CT molecular complexity index is 1070. The van der Waals surface area contributed by atoms with Crippen LogP contribution in [-0.2, 0) is 4.79 Å². The number of benzene rings is 2. The molecule has 4 nitrogen and oxygen atoms in total. The van der Waals surface area contributed by atoms with Crippen molar-refractivity contribution in [2.45, 2.75) is 13.8 Å². The van der Waals surface area contributed by atoms with E-state index in [9.17, 15) is 10.1 Å². The summed E-state index contributed by atoms with van der Waals surface area (Å²) < 4.78 is 5.79. The summed E-state index contributed by atoms with van der Waals surface area (Å²) >= 11 is 6.06. The summed E-state index contributed by atoms with van der Waals surface area (Å²) in [5.41, 5.74) is 3.49. The molecule has 0 atom stereocenters. The van der Waals surface area contributed by atoms with E-state index in [1.54, 1.807) is 18.2 Å². The lowest BCUT2D eigenvalue weighted by molar-refractivity contribution is -0.112. The third kappa shape index (κ3) is 4.46. The number of furan rings is 1. The third-order valence-electron chi connectivity index (χ3n) is 4.02. The second-order valence-corrected chi connectivity index (χ2v) is 6.59. The minimum Gasteiger partial charge on any atom is -0.457 e. The lowest BCUT2D eigenvalue weighted by Gasteiger charge is -2.05. The Hall–Kier alpha value is -3.29. The Morgan fingerprint density at radius 1 is 1.15 bits per heavy atom. The molecule has 1 N–H and O–H groups in total. The molecule has 0 spiro atoms. The predicted molar refractivity (Wildman–Crippen MR) is 107 cm³/mol. The first-order valence-electron chi connectivity index (χ1n) is 8.32. The summed E-state index contributed by atoms with van der Waals surface area (Å²) in [5, 5.41) is 12.7. The molecular weight excluding hydrogens is 360 g/mol. The van der Waals surface area contributed by atoms with E-state index in [-0.39, 0.29) is 5.57 Å². The summed E-state index contributed by atoms with van der Waals surface area (Å²) in [4.78, 5) is 12.4. The van der Waals surface area contributed by atoms with E-state index in [0.717, 1.165) is 16.7 Å². The summed E-state index contributed by atoms with van der Waals surface area (Å²) in [7, 11) is 0. The van der Waals surface area contributed by atoms with Crippen molar-refractivity contribution < 1.29 is 9.21 Å². The maximum Gasteiger partial charge on any atom is 0.266 e. The number of halogens is 1. The van der Waals surface area contributed by atoms with Gasteiger partial charge in [-0.2, -0.15) is 5.26 Å². The summed E-state index contributed by atoms with van der Waals surface area (Å²) in [5.74, 6) is 0.554. The number of nitriles is 1. The number of amides is 1. The average molecular weight is 377 g/mol. The molecule has 134 valence electrons. The third-order valence-corrected chi connectivity index (χ3v) is 4.25. The van der Waals surface area contributed by atoms with Gasteiger partial charge in [-0.1, -0.05) is 29.8 Å². The summed E-state index contributed by atoms with van der Waals surface area (Å²) in [6.07, 6.45) is 1.43. The van der Waals surface area contributed by atoms with Crippen molar-refractivity contribution in [3.8, 4) is 17.4 Å². The number of aryl methyl sites for hydroxylation is 2. The molecule has 0 aliphatic carbocycles. The summed E-state index contributed by atoms with van der Waals surface area (Å²) in [6.45, 7) is 3.89. The smallest absolute Gasteiger partial charge is 0.266 e. The quantitative estimate of drug-likeness (QED) is 0.464. The van der Waals surface area contributed by atoms with Gasteiger partial charge in [0.2, 0.25) is 0 Å². The Morgan fingerprint density at radius 2 is 1.96 bits per heavy atom. The van der Waals surface area contributed by atoms with Gasteiger partial charge in [-0.15, -0.1) is 0 Å². The Labute approximate surface area is 162 Å². The van der Waals surface area contributed by atoms with Crippen LogP contribution < -0.4 is 5.32 Å². The number of anilines is 1. The van der Waals surface area contributed by atoms with Crippen LogP contribution in [0.15, 0.2) is 64.6 Å². The van der Waals surface area contributed by atoms with Gasteiger partial charge >= 0.3 is 0 Å². The zero-order valence-corrected chi connectivity index (χ0v) is 15.7. The SMILES string of the molecule is Cc1cccc(NC(=O)/C(C#N)=C\c2ccc(-c3cc(Cl)ccc3C)o2)c1. The van der Waals surface area contributed by atoms with Crippen molar-refractivity contribution >= 4 is 29.3 Å². The van der Waals surface area contributed by atoms with Crippen molar-refractivity contribution in [2.24, 2.45) is 0 Å². The lowest BCUT2D eigenvalue weighted by atomic mass is 10.1. The Balaban J connectivity index is 1.84. The minimum absolute atomic E-state index is 0.0415. The first kappa shape index (κ1) is 18.5. The number of hydrogen-bond acceptors (Lipinski definition) is 3. The fraction of sp³-hybridized carbons (Fsp3) is 0.0909. The highest BCUT2D eigenvalue weighted by Gasteiger charge is 2.12. The zero-order valence-electron chi connectivity index (χ0n) is 14.9. The standard InChI is InChI=1S/C22H17ClN2O2/c1-14-4-3-5-18(10-14)25-22(26)16(13-24)11-19-8-9-21(27-19)20-12-17(23)7-6-15(20)2/h3-12H,1-2H3,(H,25,26)/b16-11-. The molecule has 2 aromatic carbocycles. The van der Waals surface area contributed by atoms with Crippen LogP contribution >= 0.6 is 11.6 Å². The molecule has 1 amide bonds. The molecule has 0 radical (unpaired) electrons. The maximum atomic E-state index is 12.4. The molecule has 5 heteroatoms. The molecule has 0 bridgehead atoms. The number of nitrogens with one attached hydrogen (secondary N) is 1. The van der Waals surface area contributed by atoms with Gasteiger partial charge in [-0.25, -0.2) is 0 Å². The summed E-state index contributed by atoms with van der Waals surface area (Å²) in [6, 6.07) is 18.3. The predicted octanol–water partition coefficient (Wildman–Crippen LogP) is 5.76. The second-order valence-electron chi connectivity index (χ2n) is 6.15. The monoisotopic (exact) mass is 376 g/mol. The second kappa shape index (κ2) is 7.94. The van der Waals surface area contributed by atoms with Crippen LogP contribution in [0.4, 0.5) is 5.69 Å². The largest absolute Gasteiger partial charge is 0.457 e. The van der Waals surface area contributed by atoms with Gasteiger partial charge < -0.3 is 9.73 Å². The molecule has 0 saturated carbocycles. The molecule has 3 aromatic rings. The van der Waals surface area contributed by atoms with E-state index in [1.165, 1.54) is 6.08 Å². The molecule has 0 aliphatic rings. The molecule has 1 heterocycles. The van der Waals surface area contributed by atoms with Gasteiger partial charge in [-0.05, 0) is 61.4 Å². The molecule has 27 heavy (non-hydrogen) atoms. The zero-order chi connectivity index (χ0) is 19.4. The van der Waals surface area contributed by atoms with Gasteiger partial charge in [0.25, 0.3) is 5.91 Å². The van der Waals surface area contributed by atoms with Gasteiger partial charge in [0, 0.05) is 22.3 Å². The molecular formula is C22H17ClN2O2.